The topological polar surface area (TPSA) is 55.8 Å². The first-order chi connectivity index (χ1) is 20.3. The van der Waals surface area contributed by atoms with Crippen molar-refractivity contribution in [3.05, 3.63) is 12.7 Å². The molecule has 2 aliphatic heterocycles. The number of fused-ring (bicyclic) bond motifs is 5. The molecule has 6 rings (SSSR count). The van der Waals surface area contributed by atoms with Crippen molar-refractivity contribution < 1.29 is 23.5 Å². The predicted molar refractivity (Wildman–Crippen MR) is 166 cm³/mol. The summed E-state index contributed by atoms with van der Waals surface area (Å²) >= 11 is 0. The highest BCUT2D eigenvalue weighted by Crippen LogP contribution is 2.64. The third-order valence-corrected chi connectivity index (χ3v) is 13.6. The van der Waals surface area contributed by atoms with Gasteiger partial charge in [0.1, 0.15) is 12.1 Å². The average Bonchev–Trinajstić information content (AvgIpc) is 3.30. The summed E-state index contributed by atoms with van der Waals surface area (Å²) in [5.41, 5.74) is 0.0641. The van der Waals surface area contributed by atoms with E-state index in [9.17, 15) is 9.59 Å². The van der Waals surface area contributed by atoms with Crippen LogP contribution in [0.4, 0.5) is 0 Å². The summed E-state index contributed by atoms with van der Waals surface area (Å²) in [5.74, 6) is 3.38. The molecule has 0 aromatic carbocycles. The van der Waals surface area contributed by atoms with Crippen molar-refractivity contribution in [2.45, 2.75) is 135 Å². The number of likely N-dealkylation sites (tertiary alicyclic amines) is 2. The van der Waals surface area contributed by atoms with Crippen molar-refractivity contribution in [2.24, 2.45) is 35.0 Å². The minimum absolute atomic E-state index is 0.0142. The molecule has 4 aliphatic carbocycles. The lowest BCUT2D eigenvalue weighted by Crippen LogP contribution is -2.62. The Morgan fingerprint density at radius 2 is 1.67 bits per heavy atom. The lowest BCUT2D eigenvalue weighted by molar-refractivity contribution is -0.952. The van der Waals surface area contributed by atoms with Crippen molar-refractivity contribution in [2.75, 3.05) is 32.7 Å². The molecule has 6 fully saturated rings. The van der Waals surface area contributed by atoms with Gasteiger partial charge in [-0.1, -0.05) is 26.8 Å². The van der Waals surface area contributed by atoms with Gasteiger partial charge in [-0.25, -0.2) is 0 Å². The van der Waals surface area contributed by atoms with Crippen molar-refractivity contribution in [3.8, 4) is 0 Å². The van der Waals surface area contributed by atoms with Crippen LogP contribution in [-0.4, -0.2) is 78.3 Å². The number of ether oxygens (including phenoxy) is 2. The molecule has 42 heavy (non-hydrogen) atoms. The van der Waals surface area contributed by atoms with E-state index < -0.39 is 0 Å². The zero-order valence-electron chi connectivity index (χ0n) is 26.9. The zero-order chi connectivity index (χ0) is 29.5. The number of hydrogen-bond donors (Lipinski definition) is 0. The van der Waals surface area contributed by atoms with Crippen LogP contribution >= 0.6 is 0 Å². The highest BCUT2D eigenvalue weighted by atomic mass is 16.5. The van der Waals surface area contributed by atoms with Crippen LogP contribution in [0, 0.1) is 35.0 Å². The predicted octanol–water partition coefficient (Wildman–Crippen LogP) is 6.52. The van der Waals surface area contributed by atoms with Gasteiger partial charge in [0.15, 0.2) is 6.10 Å². The Morgan fingerprint density at radius 1 is 0.929 bits per heavy atom. The zero-order valence-corrected chi connectivity index (χ0v) is 26.9. The molecule has 0 N–H and O–H groups in total. The summed E-state index contributed by atoms with van der Waals surface area (Å²) in [7, 11) is 0. The number of carbonyl (C=O) groups is 2. The van der Waals surface area contributed by atoms with E-state index in [-0.39, 0.29) is 29.6 Å². The molecule has 236 valence electrons. The molecular weight excluding hydrogens is 524 g/mol. The molecule has 0 aromatic rings. The van der Waals surface area contributed by atoms with Crippen LogP contribution in [0.3, 0.4) is 0 Å². The molecule has 6 nitrogen and oxygen atoms in total. The summed E-state index contributed by atoms with van der Waals surface area (Å²) < 4.78 is 13.7. The molecule has 0 amide bonds. The molecule has 2 saturated heterocycles. The third kappa shape index (κ3) is 5.50. The summed E-state index contributed by atoms with van der Waals surface area (Å²) in [6.07, 6.45) is 18.9. The van der Waals surface area contributed by atoms with Crippen LogP contribution in [-0.2, 0) is 19.1 Å². The largest absolute Gasteiger partial charge is 0.461 e. The van der Waals surface area contributed by atoms with Crippen LogP contribution < -0.4 is 0 Å². The first-order valence-corrected chi connectivity index (χ1v) is 17.9. The molecule has 4 saturated carbocycles. The first kappa shape index (κ1) is 30.6. The maximum absolute atomic E-state index is 12.9. The molecule has 0 aromatic heterocycles. The number of esters is 2. The van der Waals surface area contributed by atoms with E-state index in [1.165, 1.54) is 90.1 Å². The summed E-state index contributed by atoms with van der Waals surface area (Å²) in [6, 6.07) is 0.776. The number of carbonyl (C=O) groups excluding carboxylic acids is 2. The normalized spacial score (nSPS) is 43.4. The van der Waals surface area contributed by atoms with Gasteiger partial charge in [-0.2, -0.15) is 0 Å². The number of rotatable bonds is 7. The third-order valence-electron chi connectivity index (χ3n) is 13.6. The van der Waals surface area contributed by atoms with E-state index in [4.69, 9.17) is 9.47 Å². The number of piperidine rings is 2. The fourth-order valence-corrected chi connectivity index (χ4v) is 11.7. The van der Waals surface area contributed by atoms with Crippen LogP contribution in [0.15, 0.2) is 12.7 Å². The quantitative estimate of drug-likeness (QED) is 0.194. The van der Waals surface area contributed by atoms with Gasteiger partial charge in [0.25, 0.3) is 0 Å². The average molecular weight is 584 g/mol. The fraction of sp³-hybridized carbons (Fsp3) is 0.889. The van der Waals surface area contributed by atoms with Crippen LogP contribution in [0.1, 0.15) is 111 Å². The number of quaternary nitrogens is 1. The minimum atomic E-state index is -0.110. The van der Waals surface area contributed by atoms with Gasteiger partial charge in [-0.3, -0.25) is 14.5 Å². The lowest BCUT2D eigenvalue weighted by atomic mass is 9.50. The molecule has 2 heterocycles. The van der Waals surface area contributed by atoms with Crippen molar-refractivity contribution >= 4 is 11.9 Å². The molecule has 0 spiro atoms. The van der Waals surface area contributed by atoms with Crippen LogP contribution in [0.25, 0.3) is 0 Å². The Labute approximate surface area is 255 Å². The lowest BCUT2D eigenvalue weighted by Gasteiger charge is -2.57. The van der Waals surface area contributed by atoms with Gasteiger partial charge in [-0.15, -0.1) is 0 Å². The monoisotopic (exact) mass is 583 g/mol. The van der Waals surface area contributed by atoms with Gasteiger partial charge < -0.3 is 14.0 Å². The van der Waals surface area contributed by atoms with E-state index in [1.807, 2.05) is 6.92 Å². The van der Waals surface area contributed by atoms with Crippen LogP contribution in [0.5, 0.6) is 0 Å². The molecule has 6 aliphatic rings. The Balaban J connectivity index is 1.28. The molecule has 6 heteroatoms. The second kappa shape index (κ2) is 12.5. The van der Waals surface area contributed by atoms with E-state index >= 15 is 0 Å². The van der Waals surface area contributed by atoms with E-state index in [0.29, 0.717) is 30.3 Å². The SMILES string of the molecule is C=CC[N+]1([C@H]2C[C@H]3[C@@H]4CC[C@H]5C[C@H](OC(C)=O)[C@@H](N6CCCCC6)CC5[C@H]4CC[C@]3(C)[C@H]2OC(=O)CC)CCCCC1. The molecule has 0 radical (unpaired) electrons. The van der Waals surface area contributed by atoms with Gasteiger partial charge in [0.2, 0.25) is 0 Å². The van der Waals surface area contributed by atoms with E-state index in [1.54, 1.807) is 6.92 Å². The van der Waals surface area contributed by atoms with Crippen LogP contribution in [0.2, 0.25) is 0 Å². The molecular formula is C36H59N2O4+. The first-order valence-electron chi connectivity index (χ1n) is 17.9. The minimum Gasteiger partial charge on any atom is -0.461 e. The maximum Gasteiger partial charge on any atom is 0.306 e. The Hall–Kier alpha value is -1.40. The van der Waals surface area contributed by atoms with Crippen molar-refractivity contribution in [3.63, 3.8) is 0 Å². The summed E-state index contributed by atoms with van der Waals surface area (Å²) in [4.78, 5) is 27.8. The highest BCUT2D eigenvalue weighted by molar-refractivity contribution is 5.69. The van der Waals surface area contributed by atoms with Gasteiger partial charge in [-0.05, 0) is 119 Å². The molecule has 0 bridgehead atoms. The van der Waals surface area contributed by atoms with Gasteiger partial charge in [0, 0.05) is 31.2 Å². The highest BCUT2D eigenvalue weighted by Gasteiger charge is 2.66. The van der Waals surface area contributed by atoms with Gasteiger partial charge >= 0.3 is 11.9 Å². The summed E-state index contributed by atoms with van der Waals surface area (Å²) in [6.45, 7) is 16.0. The molecule has 10 atom stereocenters. The standard InChI is InChI=1S/C36H59N2O4/c1-5-19-38(20-11-8-12-21-38)32-24-30-28-14-13-26-22-33(41-25(3)39)31(37-17-9-7-10-18-37)23-29(26)27(28)15-16-36(30,4)35(32)42-34(40)6-2/h5,26-33,35H,1,6-24H2,2-4H3/q+1/t26-,27-,28+,29?,30-,31-,32-,33-,35-,36-/m0/s1. The smallest absolute Gasteiger partial charge is 0.306 e. The number of nitrogens with zero attached hydrogens (tertiary/aromatic N) is 2. The summed E-state index contributed by atoms with van der Waals surface area (Å²) in [5, 5.41) is 0. The Kier molecular flexibility index (Phi) is 9.14. The van der Waals surface area contributed by atoms with E-state index in [0.717, 1.165) is 48.3 Å². The van der Waals surface area contributed by atoms with Gasteiger partial charge in [0.05, 0.1) is 19.6 Å². The molecule has 1 unspecified atom stereocenters. The Morgan fingerprint density at radius 3 is 2.36 bits per heavy atom. The van der Waals surface area contributed by atoms with Crippen molar-refractivity contribution in [1.82, 2.24) is 4.90 Å². The number of hydrogen-bond acceptors (Lipinski definition) is 5. The second-order valence-electron chi connectivity index (χ2n) is 15.5. The van der Waals surface area contributed by atoms with E-state index in [2.05, 4.69) is 24.5 Å². The van der Waals surface area contributed by atoms with Crippen molar-refractivity contribution in [1.29, 1.82) is 0 Å². The fourth-order valence-electron chi connectivity index (χ4n) is 11.7. The second-order valence-corrected chi connectivity index (χ2v) is 15.5. The Bertz CT molecular complexity index is 987. The maximum atomic E-state index is 12.9.